The topological polar surface area (TPSA) is 38.7 Å². The number of aromatic hydroxyl groups is 1. The molecule has 1 rings (SSSR count). The van der Waals surface area contributed by atoms with E-state index < -0.39 is 30.0 Å². The average Bonchev–Trinajstić information content (AvgIpc) is 2.05. The van der Waals surface area contributed by atoms with Crippen molar-refractivity contribution >= 4 is 0 Å². The van der Waals surface area contributed by atoms with Crippen LogP contribution in [0.15, 0.2) is 18.2 Å². The van der Waals surface area contributed by atoms with Crippen LogP contribution < -0.4 is 9.47 Å². The number of phenolic OH excluding ortho intramolecular Hbond substituents is 1. The largest absolute Gasteiger partial charge is 0.573 e. The van der Waals surface area contributed by atoms with E-state index in [9.17, 15) is 26.3 Å². The van der Waals surface area contributed by atoms with Gasteiger partial charge in [-0.1, -0.05) is 0 Å². The van der Waals surface area contributed by atoms with Crippen LogP contribution in [0.1, 0.15) is 0 Å². The van der Waals surface area contributed by atoms with E-state index in [1.807, 2.05) is 0 Å². The summed E-state index contributed by atoms with van der Waals surface area (Å²) in [5, 5.41) is 8.93. The Morgan fingerprint density at radius 3 is 1.88 bits per heavy atom. The monoisotopic (exact) mass is 262 g/mol. The number of hydrogen-bond donors (Lipinski definition) is 1. The van der Waals surface area contributed by atoms with Crippen LogP contribution in [0.2, 0.25) is 0 Å². The normalized spacial score (nSPS) is 12.4. The Balaban J connectivity index is 2.95. The first-order valence-electron chi connectivity index (χ1n) is 3.91. The minimum Gasteiger partial charge on any atom is -0.504 e. The summed E-state index contributed by atoms with van der Waals surface area (Å²) < 4.78 is 77.3. The lowest BCUT2D eigenvalue weighted by Crippen LogP contribution is -2.19. The molecule has 1 N–H and O–H groups in total. The van der Waals surface area contributed by atoms with Crippen LogP contribution in [0, 0.1) is 0 Å². The number of alkyl halides is 6. The summed E-state index contributed by atoms with van der Waals surface area (Å²) in [6.45, 7) is 0. The van der Waals surface area contributed by atoms with E-state index in [2.05, 4.69) is 9.47 Å². The summed E-state index contributed by atoms with van der Waals surface area (Å²) in [7, 11) is 0. The Hall–Kier alpha value is -1.80. The van der Waals surface area contributed by atoms with Crippen molar-refractivity contribution < 1.29 is 40.9 Å². The highest BCUT2D eigenvalue weighted by atomic mass is 19.4. The Morgan fingerprint density at radius 1 is 0.882 bits per heavy atom. The molecule has 0 atom stereocenters. The molecule has 17 heavy (non-hydrogen) atoms. The molecule has 0 saturated heterocycles. The van der Waals surface area contributed by atoms with Crippen LogP contribution in [-0.2, 0) is 0 Å². The number of rotatable bonds is 2. The molecule has 1 aromatic rings. The lowest BCUT2D eigenvalue weighted by molar-refractivity contribution is -0.276. The number of benzene rings is 1. The fourth-order valence-corrected chi connectivity index (χ4v) is 0.898. The molecule has 96 valence electrons. The molecular formula is C8H4F6O3. The van der Waals surface area contributed by atoms with Crippen LogP contribution in [-0.4, -0.2) is 17.8 Å². The van der Waals surface area contributed by atoms with Gasteiger partial charge in [0.15, 0.2) is 11.5 Å². The summed E-state index contributed by atoms with van der Waals surface area (Å²) in [6.07, 6.45) is -10.2. The molecule has 0 bridgehead atoms. The van der Waals surface area contributed by atoms with Gasteiger partial charge in [0.2, 0.25) is 0 Å². The minimum atomic E-state index is -5.13. The van der Waals surface area contributed by atoms with E-state index in [-0.39, 0.29) is 6.07 Å². The van der Waals surface area contributed by atoms with E-state index in [0.717, 1.165) is 0 Å². The molecule has 0 spiro atoms. The highest BCUT2D eigenvalue weighted by Crippen LogP contribution is 2.35. The van der Waals surface area contributed by atoms with E-state index >= 15 is 0 Å². The molecule has 0 aliphatic rings. The van der Waals surface area contributed by atoms with Crippen molar-refractivity contribution in [3.05, 3.63) is 18.2 Å². The smallest absolute Gasteiger partial charge is 0.504 e. The van der Waals surface area contributed by atoms with Crippen molar-refractivity contribution in [3.8, 4) is 17.2 Å². The lowest BCUT2D eigenvalue weighted by atomic mass is 10.3. The molecule has 0 amide bonds. The fourth-order valence-electron chi connectivity index (χ4n) is 0.898. The Labute approximate surface area is 90.2 Å². The summed E-state index contributed by atoms with van der Waals surface area (Å²) in [6, 6.07) is 1.50. The molecule has 0 saturated carbocycles. The standard InChI is InChI=1S/C8H4F6O3/c9-7(10,11)16-4-1-2-5(15)6(3-4)17-8(12,13)14/h1-3,15H. The van der Waals surface area contributed by atoms with Crippen LogP contribution in [0.25, 0.3) is 0 Å². The highest BCUT2D eigenvalue weighted by molar-refractivity contribution is 5.44. The van der Waals surface area contributed by atoms with Gasteiger partial charge in [0.1, 0.15) is 5.75 Å². The Bertz CT molecular complexity index is 397. The van der Waals surface area contributed by atoms with Gasteiger partial charge in [0.05, 0.1) is 0 Å². The Kier molecular flexibility index (Phi) is 3.30. The first kappa shape index (κ1) is 13.3. The zero-order valence-electron chi connectivity index (χ0n) is 7.76. The summed E-state index contributed by atoms with van der Waals surface area (Å²) in [5.41, 5.74) is 0. The van der Waals surface area contributed by atoms with Crippen molar-refractivity contribution in [1.82, 2.24) is 0 Å². The van der Waals surface area contributed by atoms with E-state index in [0.29, 0.717) is 12.1 Å². The summed E-state index contributed by atoms with van der Waals surface area (Å²) >= 11 is 0. The average molecular weight is 262 g/mol. The maximum atomic E-state index is 11.8. The van der Waals surface area contributed by atoms with E-state index in [4.69, 9.17) is 5.11 Å². The molecular weight excluding hydrogens is 258 g/mol. The zero-order valence-corrected chi connectivity index (χ0v) is 7.76. The summed E-state index contributed by atoms with van der Waals surface area (Å²) in [5.74, 6) is -3.08. The molecule has 0 radical (unpaired) electrons. The molecule has 0 unspecified atom stereocenters. The molecule has 0 aliphatic carbocycles. The second-order valence-electron chi connectivity index (χ2n) is 2.73. The van der Waals surface area contributed by atoms with Crippen LogP contribution >= 0.6 is 0 Å². The van der Waals surface area contributed by atoms with Gasteiger partial charge in [-0.2, -0.15) is 0 Å². The molecule has 9 heteroatoms. The summed E-state index contributed by atoms with van der Waals surface area (Å²) in [4.78, 5) is 0. The van der Waals surface area contributed by atoms with Gasteiger partial charge in [0.25, 0.3) is 0 Å². The minimum absolute atomic E-state index is 0.274. The van der Waals surface area contributed by atoms with Gasteiger partial charge in [-0.05, 0) is 12.1 Å². The number of hydrogen-bond acceptors (Lipinski definition) is 3. The van der Waals surface area contributed by atoms with Crippen molar-refractivity contribution in [2.75, 3.05) is 0 Å². The van der Waals surface area contributed by atoms with E-state index in [1.165, 1.54) is 0 Å². The maximum absolute atomic E-state index is 11.8. The van der Waals surface area contributed by atoms with Crippen molar-refractivity contribution in [1.29, 1.82) is 0 Å². The molecule has 3 nitrogen and oxygen atoms in total. The van der Waals surface area contributed by atoms with Gasteiger partial charge in [-0.25, -0.2) is 0 Å². The number of ether oxygens (including phenoxy) is 2. The second kappa shape index (κ2) is 4.22. The second-order valence-corrected chi connectivity index (χ2v) is 2.73. The third kappa shape index (κ3) is 4.70. The van der Waals surface area contributed by atoms with Gasteiger partial charge < -0.3 is 14.6 Å². The lowest BCUT2D eigenvalue weighted by Gasteiger charge is -2.13. The maximum Gasteiger partial charge on any atom is 0.573 e. The van der Waals surface area contributed by atoms with Crippen LogP contribution in [0.3, 0.4) is 0 Å². The third-order valence-corrected chi connectivity index (χ3v) is 1.39. The quantitative estimate of drug-likeness (QED) is 0.832. The number of phenols is 1. The van der Waals surface area contributed by atoms with Crippen molar-refractivity contribution in [2.24, 2.45) is 0 Å². The van der Waals surface area contributed by atoms with Crippen molar-refractivity contribution in [3.63, 3.8) is 0 Å². The Morgan fingerprint density at radius 2 is 1.41 bits per heavy atom. The van der Waals surface area contributed by atoms with Gasteiger partial charge in [0, 0.05) is 6.07 Å². The SMILES string of the molecule is Oc1ccc(OC(F)(F)F)cc1OC(F)(F)F. The highest BCUT2D eigenvalue weighted by Gasteiger charge is 2.34. The van der Waals surface area contributed by atoms with Crippen LogP contribution in [0.4, 0.5) is 26.3 Å². The molecule has 0 aromatic heterocycles. The molecule has 0 fully saturated rings. The van der Waals surface area contributed by atoms with Gasteiger partial charge >= 0.3 is 12.7 Å². The zero-order chi connectivity index (χ0) is 13.3. The number of halogens is 6. The third-order valence-electron chi connectivity index (χ3n) is 1.39. The molecule has 1 aromatic carbocycles. The van der Waals surface area contributed by atoms with E-state index in [1.54, 1.807) is 0 Å². The van der Waals surface area contributed by atoms with Crippen LogP contribution in [0.5, 0.6) is 17.2 Å². The van der Waals surface area contributed by atoms with Crippen molar-refractivity contribution in [2.45, 2.75) is 12.7 Å². The first-order chi connectivity index (χ1) is 7.57. The molecule has 0 heterocycles. The predicted molar refractivity (Wildman–Crippen MR) is 41.5 cm³/mol. The predicted octanol–water partition coefficient (Wildman–Crippen LogP) is 3.19. The van der Waals surface area contributed by atoms with Gasteiger partial charge in [-0.3, -0.25) is 0 Å². The first-order valence-corrected chi connectivity index (χ1v) is 3.91. The molecule has 0 aliphatic heterocycles. The fraction of sp³-hybridized carbons (Fsp3) is 0.250. The van der Waals surface area contributed by atoms with Gasteiger partial charge in [-0.15, -0.1) is 26.3 Å².